The van der Waals surface area contributed by atoms with Gasteiger partial charge in [-0.25, -0.2) is 4.39 Å². The highest BCUT2D eigenvalue weighted by Gasteiger charge is 2.30. The van der Waals surface area contributed by atoms with Gasteiger partial charge in [0.1, 0.15) is 10.8 Å². The van der Waals surface area contributed by atoms with E-state index in [-0.39, 0.29) is 10.8 Å². The first-order valence-corrected chi connectivity index (χ1v) is 7.72. The molecule has 2 fully saturated rings. The van der Waals surface area contributed by atoms with Crippen LogP contribution in [0.4, 0.5) is 10.1 Å². The number of rotatable bonds is 3. The van der Waals surface area contributed by atoms with Gasteiger partial charge in [-0.15, -0.1) is 0 Å². The third kappa shape index (κ3) is 3.17. The van der Waals surface area contributed by atoms with Gasteiger partial charge < -0.3 is 15.4 Å². The molecule has 21 heavy (non-hydrogen) atoms. The third-order valence-electron chi connectivity index (χ3n) is 4.29. The van der Waals surface area contributed by atoms with Crippen LogP contribution in [0.25, 0.3) is 0 Å². The first kappa shape index (κ1) is 14.7. The van der Waals surface area contributed by atoms with Crippen LogP contribution < -0.4 is 10.6 Å². The molecule has 0 aliphatic carbocycles. The van der Waals surface area contributed by atoms with Crippen LogP contribution in [0, 0.1) is 5.82 Å². The highest BCUT2D eigenvalue weighted by atomic mass is 32.1. The van der Waals surface area contributed by atoms with Gasteiger partial charge in [-0.1, -0.05) is 12.2 Å². The van der Waals surface area contributed by atoms with E-state index < -0.39 is 0 Å². The minimum absolute atomic E-state index is 0.249. The van der Waals surface area contributed by atoms with E-state index >= 15 is 0 Å². The Labute approximate surface area is 129 Å². The molecule has 2 aliphatic rings. The Balaban J connectivity index is 1.75. The summed E-state index contributed by atoms with van der Waals surface area (Å²) in [6, 6.07) is 5.21. The number of anilines is 1. The highest BCUT2D eigenvalue weighted by Crippen LogP contribution is 2.27. The van der Waals surface area contributed by atoms with Crippen LogP contribution in [0.5, 0.6) is 0 Å². The summed E-state index contributed by atoms with van der Waals surface area (Å²) in [6.07, 6.45) is 1.11. The molecule has 6 heteroatoms. The fourth-order valence-electron chi connectivity index (χ4n) is 3.18. The molecule has 1 aromatic rings. The molecule has 0 radical (unpaired) electrons. The SMILES string of the molecule is NC(=S)c1cc(F)ccc1N1CCC(N2CCOCC2)C1. The van der Waals surface area contributed by atoms with Crippen molar-refractivity contribution in [2.75, 3.05) is 44.3 Å². The van der Waals surface area contributed by atoms with Gasteiger partial charge in [0.15, 0.2) is 0 Å². The number of nitrogens with zero attached hydrogens (tertiary/aromatic N) is 2. The van der Waals surface area contributed by atoms with Gasteiger partial charge >= 0.3 is 0 Å². The van der Waals surface area contributed by atoms with Crippen molar-refractivity contribution in [3.63, 3.8) is 0 Å². The summed E-state index contributed by atoms with van der Waals surface area (Å²) in [4.78, 5) is 4.99. The van der Waals surface area contributed by atoms with Gasteiger partial charge in [0.25, 0.3) is 0 Å². The minimum atomic E-state index is -0.300. The van der Waals surface area contributed by atoms with E-state index in [1.54, 1.807) is 6.07 Å². The lowest BCUT2D eigenvalue weighted by atomic mass is 10.1. The molecule has 0 amide bonds. The molecule has 4 nitrogen and oxygen atoms in total. The van der Waals surface area contributed by atoms with Crippen LogP contribution >= 0.6 is 12.2 Å². The summed E-state index contributed by atoms with van der Waals surface area (Å²) in [6.45, 7) is 5.48. The molecule has 1 aromatic carbocycles. The monoisotopic (exact) mass is 309 g/mol. The topological polar surface area (TPSA) is 41.7 Å². The van der Waals surface area contributed by atoms with Crippen LogP contribution in [-0.4, -0.2) is 55.3 Å². The maximum atomic E-state index is 13.4. The Bertz CT molecular complexity index is 534. The molecule has 0 spiro atoms. The van der Waals surface area contributed by atoms with Crippen LogP contribution in [0.15, 0.2) is 18.2 Å². The molecule has 2 heterocycles. The number of ether oxygens (including phenoxy) is 1. The van der Waals surface area contributed by atoms with Crippen molar-refractivity contribution < 1.29 is 9.13 Å². The fraction of sp³-hybridized carbons (Fsp3) is 0.533. The smallest absolute Gasteiger partial charge is 0.124 e. The van der Waals surface area contributed by atoms with Crippen molar-refractivity contribution in [2.24, 2.45) is 5.73 Å². The van der Waals surface area contributed by atoms with Gasteiger partial charge in [0.2, 0.25) is 0 Å². The summed E-state index contributed by atoms with van der Waals surface area (Å²) in [5.41, 5.74) is 7.32. The number of hydrogen-bond donors (Lipinski definition) is 1. The van der Waals surface area contributed by atoms with E-state index in [9.17, 15) is 4.39 Å². The van der Waals surface area contributed by atoms with E-state index in [4.69, 9.17) is 22.7 Å². The summed E-state index contributed by atoms with van der Waals surface area (Å²) in [5.74, 6) is -0.300. The molecule has 2 N–H and O–H groups in total. The van der Waals surface area contributed by atoms with Crippen LogP contribution in [0.1, 0.15) is 12.0 Å². The Morgan fingerprint density at radius 2 is 2.05 bits per heavy atom. The Hall–Kier alpha value is -1.24. The molecule has 1 atom stereocenters. The fourth-order valence-corrected chi connectivity index (χ4v) is 3.35. The first-order chi connectivity index (χ1) is 10.1. The average molecular weight is 309 g/mol. The second kappa shape index (κ2) is 6.25. The molecule has 2 saturated heterocycles. The standard InChI is InChI=1S/C15H20FN3OS/c16-11-1-2-14(13(9-11)15(17)21)19-4-3-12(10-19)18-5-7-20-8-6-18/h1-2,9,12H,3-8,10H2,(H2,17,21). The van der Waals surface area contributed by atoms with Crippen molar-refractivity contribution in [1.29, 1.82) is 0 Å². The van der Waals surface area contributed by atoms with Gasteiger partial charge in [0, 0.05) is 43.5 Å². The maximum absolute atomic E-state index is 13.4. The Morgan fingerprint density at radius 1 is 1.29 bits per heavy atom. The van der Waals surface area contributed by atoms with E-state index in [0.29, 0.717) is 11.6 Å². The number of benzene rings is 1. The van der Waals surface area contributed by atoms with E-state index in [1.807, 2.05) is 0 Å². The summed E-state index contributed by atoms with van der Waals surface area (Å²) in [7, 11) is 0. The zero-order valence-corrected chi connectivity index (χ0v) is 12.7. The van der Waals surface area contributed by atoms with Crippen molar-refractivity contribution in [3.8, 4) is 0 Å². The number of halogens is 1. The molecule has 1 unspecified atom stereocenters. The lowest BCUT2D eigenvalue weighted by Crippen LogP contribution is -2.44. The Morgan fingerprint density at radius 3 is 2.76 bits per heavy atom. The lowest BCUT2D eigenvalue weighted by molar-refractivity contribution is 0.0209. The maximum Gasteiger partial charge on any atom is 0.124 e. The molecule has 2 aliphatic heterocycles. The van der Waals surface area contributed by atoms with Gasteiger partial charge in [0.05, 0.1) is 13.2 Å². The van der Waals surface area contributed by atoms with E-state index in [1.165, 1.54) is 12.1 Å². The number of morpholine rings is 1. The minimum Gasteiger partial charge on any atom is -0.389 e. The first-order valence-electron chi connectivity index (χ1n) is 7.31. The summed E-state index contributed by atoms with van der Waals surface area (Å²) >= 11 is 5.06. The highest BCUT2D eigenvalue weighted by molar-refractivity contribution is 7.80. The molecule has 114 valence electrons. The van der Waals surface area contributed by atoms with Crippen LogP contribution in [0.3, 0.4) is 0 Å². The molecular formula is C15H20FN3OS. The number of thiocarbonyl (C=S) groups is 1. The van der Waals surface area contributed by atoms with Crippen molar-refractivity contribution >= 4 is 22.9 Å². The molecule has 0 bridgehead atoms. The zero-order valence-electron chi connectivity index (χ0n) is 11.9. The summed E-state index contributed by atoms with van der Waals surface area (Å²) in [5, 5.41) is 0. The van der Waals surface area contributed by atoms with Crippen LogP contribution in [-0.2, 0) is 4.74 Å². The van der Waals surface area contributed by atoms with Gasteiger partial charge in [-0.3, -0.25) is 4.90 Å². The predicted molar refractivity (Wildman–Crippen MR) is 85.3 cm³/mol. The second-order valence-corrected chi connectivity index (χ2v) is 6.00. The average Bonchev–Trinajstić information content (AvgIpc) is 2.97. The Kier molecular flexibility index (Phi) is 4.37. The normalized spacial score (nSPS) is 23.5. The van der Waals surface area contributed by atoms with Crippen LogP contribution in [0.2, 0.25) is 0 Å². The van der Waals surface area contributed by atoms with E-state index in [0.717, 1.165) is 51.5 Å². The largest absolute Gasteiger partial charge is 0.389 e. The molecule has 3 rings (SSSR count). The lowest BCUT2D eigenvalue weighted by Gasteiger charge is -2.32. The summed E-state index contributed by atoms with van der Waals surface area (Å²) < 4.78 is 18.8. The molecular weight excluding hydrogens is 289 g/mol. The molecule has 0 aromatic heterocycles. The number of hydrogen-bond acceptors (Lipinski definition) is 4. The second-order valence-electron chi connectivity index (χ2n) is 5.56. The molecule has 0 saturated carbocycles. The van der Waals surface area contributed by atoms with Crippen molar-refractivity contribution in [3.05, 3.63) is 29.6 Å². The van der Waals surface area contributed by atoms with E-state index in [2.05, 4.69) is 9.80 Å². The quantitative estimate of drug-likeness (QED) is 0.854. The van der Waals surface area contributed by atoms with Crippen molar-refractivity contribution in [2.45, 2.75) is 12.5 Å². The van der Waals surface area contributed by atoms with Gasteiger partial charge in [-0.2, -0.15) is 0 Å². The zero-order chi connectivity index (χ0) is 14.8. The van der Waals surface area contributed by atoms with Gasteiger partial charge in [-0.05, 0) is 24.6 Å². The third-order valence-corrected chi connectivity index (χ3v) is 4.51. The van der Waals surface area contributed by atoms with Crippen molar-refractivity contribution in [1.82, 2.24) is 4.90 Å². The predicted octanol–water partition coefficient (Wildman–Crippen LogP) is 1.37. The number of nitrogens with two attached hydrogens (primary N) is 1.